The molecule has 1 saturated heterocycles. The van der Waals surface area contributed by atoms with Crippen molar-refractivity contribution in [3.05, 3.63) is 17.6 Å². The van der Waals surface area contributed by atoms with Gasteiger partial charge in [-0.3, -0.25) is 4.79 Å². The summed E-state index contributed by atoms with van der Waals surface area (Å²) >= 11 is 0. The van der Waals surface area contributed by atoms with Gasteiger partial charge >= 0.3 is 0 Å². The van der Waals surface area contributed by atoms with Crippen LogP contribution in [0.3, 0.4) is 0 Å². The van der Waals surface area contributed by atoms with Gasteiger partial charge in [0.05, 0.1) is 0 Å². The number of anilines is 1. The molecule has 2 rings (SSSR count). The molecule has 1 aliphatic heterocycles. The molecule has 0 saturated carbocycles. The van der Waals surface area contributed by atoms with Crippen molar-refractivity contribution in [2.75, 3.05) is 25.0 Å². The van der Waals surface area contributed by atoms with Gasteiger partial charge in [-0.05, 0) is 26.2 Å². The second-order valence-corrected chi connectivity index (χ2v) is 5.32. The van der Waals surface area contributed by atoms with Crippen LogP contribution in [0, 0.1) is 6.92 Å². The van der Waals surface area contributed by atoms with Gasteiger partial charge in [0.2, 0.25) is 0 Å². The fraction of sp³-hybridized carbons (Fsp3) is 0.667. The predicted molar refractivity (Wildman–Crippen MR) is 79.9 cm³/mol. The Morgan fingerprint density at radius 1 is 1.25 bits per heavy atom. The SMILES string of the molecule is CCCNc1cc(C(=O)N2CCCCCC2)nc(C)n1. The Morgan fingerprint density at radius 3 is 2.60 bits per heavy atom. The number of rotatable bonds is 4. The number of carbonyl (C=O) groups is 1. The zero-order valence-corrected chi connectivity index (χ0v) is 12.5. The van der Waals surface area contributed by atoms with E-state index in [1.165, 1.54) is 12.8 Å². The Labute approximate surface area is 120 Å². The Balaban J connectivity index is 2.13. The quantitative estimate of drug-likeness (QED) is 0.918. The topological polar surface area (TPSA) is 58.1 Å². The van der Waals surface area contributed by atoms with E-state index >= 15 is 0 Å². The van der Waals surface area contributed by atoms with Crippen LogP contribution >= 0.6 is 0 Å². The van der Waals surface area contributed by atoms with Crippen LogP contribution in [-0.4, -0.2) is 40.4 Å². The van der Waals surface area contributed by atoms with E-state index < -0.39 is 0 Å². The Kier molecular flexibility index (Phi) is 5.32. The number of nitrogens with one attached hydrogen (secondary N) is 1. The van der Waals surface area contributed by atoms with Gasteiger partial charge in [-0.15, -0.1) is 0 Å². The third kappa shape index (κ3) is 3.92. The van der Waals surface area contributed by atoms with E-state index in [1.807, 2.05) is 11.8 Å². The smallest absolute Gasteiger partial charge is 0.272 e. The van der Waals surface area contributed by atoms with E-state index in [-0.39, 0.29) is 5.91 Å². The maximum Gasteiger partial charge on any atom is 0.272 e. The van der Waals surface area contributed by atoms with E-state index in [2.05, 4.69) is 22.2 Å². The third-order valence-corrected chi connectivity index (χ3v) is 3.51. The summed E-state index contributed by atoms with van der Waals surface area (Å²) in [5.41, 5.74) is 0.512. The summed E-state index contributed by atoms with van der Waals surface area (Å²) in [6.07, 6.45) is 5.65. The summed E-state index contributed by atoms with van der Waals surface area (Å²) in [4.78, 5) is 23.1. The lowest BCUT2D eigenvalue weighted by molar-refractivity contribution is 0.0755. The molecule has 1 aliphatic rings. The predicted octanol–water partition coefficient (Wildman–Crippen LogP) is 2.62. The zero-order valence-electron chi connectivity index (χ0n) is 12.5. The molecule has 20 heavy (non-hydrogen) atoms. The van der Waals surface area contributed by atoms with Crippen molar-refractivity contribution in [2.24, 2.45) is 0 Å². The summed E-state index contributed by atoms with van der Waals surface area (Å²) in [6, 6.07) is 1.77. The van der Waals surface area contributed by atoms with Crippen LogP contribution in [0.15, 0.2) is 6.07 Å². The first kappa shape index (κ1) is 14.8. The van der Waals surface area contributed by atoms with Crippen LogP contribution in [0.4, 0.5) is 5.82 Å². The van der Waals surface area contributed by atoms with Crippen LogP contribution in [-0.2, 0) is 0 Å². The van der Waals surface area contributed by atoms with Crippen LogP contribution in [0.5, 0.6) is 0 Å². The fourth-order valence-corrected chi connectivity index (χ4v) is 2.46. The number of nitrogens with zero attached hydrogens (tertiary/aromatic N) is 3. The average Bonchev–Trinajstić information content (AvgIpc) is 2.72. The Morgan fingerprint density at radius 2 is 1.95 bits per heavy atom. The Bertz CT molecular complexity index is 453. The van der Waals surface area contributed by atoms with Crippen molar-refractivity contribution in [1.82, 2.24) is 14.9 Å². The van der Waals surface area contributed by atoms with Crippen LogP contribution < -0.4 is 5.32 Å². The molecule has 0 bridgehead atoms. The van der Waals surface area contributed by atoms with E-state index in [9.17, 15) is 4.79 Å². The highest BCUT2D eigenvalue weighted by molar-refractivity contribution is 5.93. The summed E-state index contributed by atoms with van der Waals surface area (Å²) in [5.74, 6) is 1.43. The molecule has 1 aromatic rings. The minimum absolute atomic E-state index is 0.0388. The van der Waals surface area contributed by atoms with Crippen molar-refractivity contribution in [2.45, 2.75) is 46.0 Å². The fourth-order valence-electron chi connectivity index (χ4n) is 2.46. The van der Waals surface area contributed by atoms with Crippen molar-refractivity contribution in [1.29, 1.82) is 0 Å². The van der Waals surface area contributed by atoms with Gasteiger partial charge in [-0.25, -0.2) is 9.97 Å². The molecule has 110 valence electrons. The molecule has 1 N–H and O–H groups in total. The van der Waals surface area contributed by atoms with E-state index in [1.54, 1.807) is 6.07 Å². The lowest BCUT2D eigenvalue weighted by Gasteiger charge is -2.20. The minimum Gasteiger partial charge on any atom is -0.370 e. The van der Waals surface area contributed by atoms with E-state index in [0.717, 1.165) is 44.7 Å². The molecule has 5 heteroatoms. The molecule has 5 nitrogen and oxygen atoms in total. The molecule has 2 heterocycles. The molecular formula is C15H24N4O. The second-order valence-electron chi connectivity index (χ2n) is 5.32. The molecule has 1 aromatic heterocycles. The first-order chi connectivity index (χ1) is 9.70. The molecule has 1 amide bonds. The van der Waals surface area contributed by atoms with Gasteiger partial charge in [0, 0.05) is 25.7 Å². The summed E-state index contributed by atoms with van der Waals surface area (Å²) in [7, 11) is 0. The van der Waals surface area contributed by atoms with Crippen molar-refractivity contribution in [3.8, 4) is 0 Å². The van der Waals surface area contributed by atoms with Gasteiger partial charge in [0.1, 0.15) is 17.3 Å². The summed E-state index contributed by atoms with van der Waals surface area (Å²) in [5, 5.41) is 3.22. The first-order valence-electron chi connectivity index (χ1n) is 7.59. The molecular weight excluding hydrogens is 252 g/mol. The number of likely N-dealkylation sites (tertiary alicyclic amines) is 1. The van der Waals surface area contributed by atoms with Gasteiger partial charge in [0.25, 0.3) is 5.91 Å². The van der Waals surface area contributed by atoms with E-state index in [0.29, 0.717) is 11.5 Å². The lowest BCUT2D eigenvalue weighted by atomic mass is 10.2. The minimum atomic E-state index is 0.0388. The number of aryl methyl sites for hydroxylation is 1. The monoisotopic (exact) mass is 276 g/mol. The molecule has 0 unspecified atom stereocenters. The number of carbonyl (C=O) groups excluding carboxylic acids is 1. The second kappa shape index (κ2) is 7.22. The van der Waals surface area contributed by atoms with Crippen molar-refractivity contribution in [3.63, 3.8) is 0 Å². The lowest BCUT2D eigenvalue weighted by Crippen LogP contribution is -2.32. The highest BCUT2D eigenvalue weighted by Gasteiger charge is 2.19. The van der Waals surface area contributed by atoms with Crippen molar-refractivity contribution < 1.29 is 4.79 Å². The molecule has 1 fully saturated rings. The van der Waals surface area contributed by atoms with Gasteiger partial charge < -0.3 is 10.2 Å². The Hall–Kier alpha value is -1.65. The highest BCUT2D eigenvalue weighted by Crippen LogP contribution is 2.14. The number of hydrogen-bond acceptors (Lipinski definition) is 4. The normalized spacial score (nSPS) is 15.8. The zero-order chi connectivity index (χ0) is 14.4. The molecule has 0 atom stereocenters. The molecule has 0 radical (unpaired) electrons. The standard InChI is InChI=1S/C15H24N4O/c1-3-8-16-14-11-13(17-12(2)18-14)15(20)19-9-6-4-5-7-10-19/h11H,3-10H2,1-2H3,(H,16,17,18). The van der Waals surface area contributed by atoms with Crippen LogP contribution in [0.1, 0.15) is 55.3 Å². The number of aromatic nitrogens is 2. The first-order valence-corrected chi connectivity index (χ1v) is 7.59. The maximum atomic E-state index is 12.5. The van der Waals surface area contributed by atoms with Gasteiger partial charge in [-0.2, -0.15) is 0 Å². The number of hydrogen-bond donors (Lipinski definition) is 1. The molecule has 0 aliphatic carbocycles. The molecule has 0 aromatic carbocycles. The average molecular weight is 276 g/mol. The van der Waals surface area contributed by atoms with Crippen LogP contribution in [0.25, 0.3) is 0 Å². The highest BCUT2D eigenvalue weighted by atomic mass is 16.2. The van der Waals surface area contributed by atoms with E-state index in [4.69, 9.17) is 0 Å². The number of amides is 1. The molecule has 0 spiro atoms. The van der Waals surface area contributed by atoms with Gasteiger partial charge in [0.15, 0.2) is 0 Å². The largest absolute Gasteiger partial charge is 0.370 e. The van der Waals surface area contributed by atoms with Crippen molar-refractivity contribution >= 4 is 11.7 Å². The third-order valence-electron chi connectivity index (χ3n) is 3.51. The van der Waals surface area contributed by atoms with Gasteiger partial charge in [-0.1, -0.05) is 19.8 Å². The summed E-state index contributed by atoms with van der Waals surface area (Å²) in [6.45, 7) is 6.48. The summed E-state index contributed by atoms with van der Waals surface area (Å²) < 4.78 is 0. The van der Waals surface area contributed by atoms with Crippen LogP contribution in [0.2, 0.25) is 0 Å². The maximum absolute atomic E-state index is 12.5.